The highest BCUT2D eigenvalue weighted by molar-refractivity contribution is 6.74. The Kier molecular flexibility index (Phi) is 8.27. The van der Waals surface area contributed by atoms with Crippen molar-refractivity contribution in [3.8, 4) is 5.75 Å². The summed E-state index contributed by atoms with van der Waals surface area (Å²) in [7, 11) is -0.569. The second kappa shape index (κ2) is 11.4. The third-order valence-electron chi connectivity index (χ3n) is 10.1. The van der Waals surface area contributed by atoms with E-state index in [4.69, 9.17) is 13.9 Å². The average Bonchev–Trinajstić information content (AvgIpc) is 3.20. The molecule has 9 heteroatoms. The predicted octanol–water partition coefficient (Wildman–Crippen LogP) is 7.05. The molecule has 2 aromatic carbocycles. The number of carbonyl (C=O) groups is 1. The molecule has 220 valence electrons. The Morgan fingerprint density at radius 3 is 2.41 bits per heavy atom. The molecule has 2 aromatic rings. The summed E-state index contributed by atoms with van der Waals surface area (Å²) in [6, 6.07) is 17.5. The molecule has 1 saturated carbocycles. The number of benzene rings is 2. The van der Waals surface area contributed by atoms with Gasteiger partial charge in [-0.2, -0.15) is 0 Å². The molecule has 6 atom stereocenters. The van der Waals surface area contributed by atoms with Gasteiger partial charge in [0.25, 0.3) is 0 Å². The Bertz CT molecular complexity index is 1270. The Morgan fingerprint density at radius 1 is 1.07 bits per heavy atom. The third kappa shape index (κ3) is 5.78. The molecule has 5 rings (SSSR count). The summed E-state index contributed by atoms with van der Waals surface area (Å²) in [5.74, 6) is 0.862. The Labute approximate surface area is 245 Å². The monoisotopic (exact) mass is 576 g/mol. The van der Waals surface area contributed by atoms with Crippen molar-refractivity contribution in [1.82, 2.24) is 4.90 Å². The smallest absolute Gasteiger partial charge is 0.232 e. The maximum absolute atomic E-state index is 14.0. The lowest BCUT2D eigenvalue weighted by Crippen LogP contribution is -2.69. The number of hydrogen-bond donors (Lipinski definition) is 0. The summed E-state index contributed by atoms with van der Waals surface area (Å²) in [6.07, 6.45) is 3.51. The van der Waals surface area contributed by atoms with Crippen molar-refractivity contribution in [2.45, 2.75) is 107 Å². The van der Waals surface area contributed by atoms with E-state index < -0.39 is 14.4 Å². The van der Waals surface area contributed by atoms with E-state index in [-0.39, 0.29) is 40.7 Å². The molecule has 2 saturated heterocycles. The summed E-state index contributed by atoms with van der Waals surface area (Å²) in [6.45, 7) is 11.9. The van der Waals surface area contributed by atoms with Gasteiger partial charge in [-0.15, -0.1) is 0 Å². The molecule has 1 aliphatic carbocycles. The van der Waals surface area contributed by atoms with Crippen LogP contribution < -0.4 is 4.74 Å². The van der Waals surface area contributed by atoms with Gasteiger partial charge in [0.2, 0.25) is 5.91 Å². The number of fused-ring (bicyclic) bond motifs is 1. The van der Waals surface area contributed by atoms with Crippen LogP contribution in [-0.2, 0) is 27.0 Å². The summed E-state index contributed by atoms with van der Waals surface area (Å²) < 4.78 is 19.4. The molecule has 2 aliphatic heterocycles. The second-order valence-corrected chi connectivity index (χ2v) is 18.3. The van der Waals surface area contributed by atoms with Crippen LogP contribution in [0, 0.1) is 5.92 Å². The second-order valence-electron chi connectivity index (χ2n) is 13.6. The Morgan fingerprint density at radius 2 is 1.78 bits per heavy atom. The van der Waals surface area contributed by atoms with Crippen molar-refractivity contribution in [2.24, 2.45) is 11.0 Å². The number of azide groups is 1. The molecule has 0 N–H and O–H groups in total. The predicted molar refractivity (Wildman–Crippen MR) is 162 cm³/mol. The first kappa shape index (κ1) is 29.6. The van der Waals surface area contributed by atoms with Gasteiger partial charge in [-0.3, -0.25) is 4.79 Å². The van der Waals surface area contributed by atoms with Crippen molar-refractivity contribution < 1.29 is 18.7 Å². The van der Waals surface area contributed by atoms with Crippen LogP contribution in [0.2, 0.25) is 18.1 Å². The minimum atomic E-state index is -2.23. The standard InChI is InChI=1S/C32H44N4O4Si/c1-31(2,3)41(5,6)40-29-25-19-32(17-16-28(25)39-21-23-10-8-7-9-11-23)20-26(34-35-33)30(37)36(32)27(29)18-22-12-14-24(38-4)15-13-22/h7-15,25-29H,16-21H2,1-6H3/t25-,26-,27-,28+,29-,32-/m0/s1. The minimum absolute atomic E-state index is 0.00388. The van der Waals surface area contributed by atoms with Gasteiger partial charge in [0, 0.05) is 16.4 Å². The zero-order valence-electron chi connectivity index (χ0n) is 25.2. The molecule has 2 heterocycles. The van der Waals surface area contributed by atoms with E-state index in [1.54, 1.807) is 7.11 Å². The van der Waals surface area contributed by atoms with Gasteiger partial charge < -0.3 is 18.8 Å². The fourth-order valence-corrected chi connectivity index (χ4v) is 8.31. The molecule has 0 radical (unpaired) electrons. The SMILES string of the molecule is COc1ccc(C[C@H]2[C@@H](O[Si](C)(C)C(C)(C)C)[C@H]3C[C@@]4(CC[C@H]3OCc3ccccc3)C[C@H](N=[N+]=[N-])C(=O)N24)cc1. The number of nitrogens with zero attached hydrogens (tertiary/aromatic N) is 4. The third-order valence-corrected chi connectivity index (χ3v) is 14.5. The van der Waals surface area contributed by atoms with Crippen molar-refractivity contribution in [1.29, 1.82) is 0 Å². The van der Waals surface area contributed by atoms with Crippen molar-refractivity contribution in [2.75, 3.05) is 7.11 Å². The van der Waals surface area contributed by atoms with E-state index in [1.165, 1.54) is 0 Å². The minimum Gasteiger partial charge on any atom is -0.497 e. The molecule has 0 aromatic heterocycles. The van der Waals surface area contributed by atoms with E-state index in [2.05, 4.69) is 73.1 Å². The van der Waals surface area contributed by atoms with E-state index >= 15 is 0 Å². The largest absolute Gasteiger partial charge is 0.497 e. The Hall–Kier alpha value is -2.84. The van der Waals surface area contributed by atoms with Crippen LogP contribution in [0.3, 0.4) is 0 Å². The molecular weight excluding hydrogens is 532 g/mol. The van der Waals surface area contributed by atoms with Gasteiger partial charge in [0.15, 0.2) is 8.32 Å². The highest BCUT2D eigenvalue weighted by atomic mass is 28.4. The first-order valence-corrected chi connectivity index (χ1v) is 17.7. The molecule has 2 bridgehead atoms. The van der Waals surface area contributed by atoms with Crippen molar-refractivity contribution in [3.05, 3.63) is 76.2 Å². The lowest BCUT2D eigenvalue weighted by Gasteiger charge is -2.60. The zero-order valence-corrected chi connectivity index (χ0v) is 26.2. The van der Waals surface area contributed by atoms with Crippen LogP contribution in [0.4, 0.5) is 0 Å². The molecule has 8 nitrogen and oxygen atoms in total. The molecular formula is C32H44N4O4Si. The molecule has 3 aliphatic rings. The molecule has 3 fully saturated rings. The van der Waals surface area contributed by atoms with Crippen LogP contribution in [-0.4, -0.2) is 56.1 Å². The maximum atomic E-state index is 14.0. The van der Waals surface area contributed by atoms with Crippen LogP contribution in [0.25, 0.3) is 10.4 Å². The van der Waals surface area contributed by atoms with Gasteiger partial charge in [-0.1, -0.05) is 68.4 Å². The Balaban J connectivity index is 1.56. The lowest BCUT2D eigenvalue weighted by molar-refractivity contribution is -0.173. The lowest BCUT2D eigenvalue weighted by atomic mass is 9.65. The average molecular weight is 577 g/mol. The number of piperidine rings is 1. The normalized spacial score (nSPS) is 29.6. The summed E-state index contributed by atoms with van der Waals surface area (Å²) in [5, 5.41) is 3.98. The number of carbonyl (C=O) groups excluding carboxylic acids is 1. The molecule has 1 spiro atoms. The highest BCUT2D eigenvalue weighted by Gasteiger charge is 2.63. The van der Waals surface area contributed by atoms with E-state index in [0.717, 1.165) is 36.1 Å². The number of rotatable bonds is 9. The van der Waals surface area contributed by atoms with Gasteiger partial charge in [-0.25, -0.2) is 0 Å². The van der Waals surface area contributed by atoms with Gasteiger partial charge in [0.1, 0.15) is 11.8 Å². The number of ether oxygens (including phenoxy) is 2. The number of hydrogen-bond acceptors (Lipinski definition) is 5. The van der Waals surface area contributed by atoms with Crippen molar-refractivity contribution in [3.63, 3.8) is 0 Å². The van der Waals surface area contributed by atoms with E-state index in [9.17, 15) is 10.3 Å². The van der Waals surface area contributed by atoms with Crippen molar-refractivity contribution >= 4 is 14.2 Å². The van der Waals surface area contributed by atoms with E-state index in [1.807, 2.05) is 30.3 Å². The first-order valence-electron chi connectivity index (χ1n) is 14.8. The fraction of sp³-hybridized carbons (Fsp3) is 0.594. The fourth-order valence-electron chi connectivity index (χ4n) is 6.95. The molecule has 41 heavy (non-hydrogen) atoms. The molecule has 0 unspecified atom stereocenters. The topological polar surface area (TPSA) is 96.8 Å². The summed E-state index contributed by atoms with van der Waals surface area (Å²) in [4.78, 5) is 19.1. The van der Waals surface area contributed by atoms with Crippen LogP contribution in [0.5, 0.6) is 5.75 Å². The first-order chi connectivity index (χ1) is 19.5. The number of methoxy groups -OCH3 is 1. The van der Waals surface area contributed by atoms with Gasteiger partial charge >= 0.3 is 0 Å². The maximum Gasteiger partial charge on any atom is 0.232 e. The quantitative estimate of drug-likeness (QED) is 0.138. The summed E-state index contributed by atoms with van der Waals surface area (Å²) in [5.41, 5.74) is 11.2. The number of amides is 1. The molecule has 1 amide bonds. The van der Waals surface area contributed by atoms with Crippen LogP contribution in [0.15, 0.2) is 59.7 Å². The van der Waals surface area contributed by atoms with Gasteiger partial charge in [-0.05, 0) is 79.0 Å². The zero-order chi connectivity index (χ0) is 29.4. The van der Waals surface area contributed by atoms with Gasteiger partial charge in [0.05, 0.1) is 32.0 Å². The summed E-state index contributed by atoms with van der Waals surface area (Å²) >= 11 is 0. The van der Waals surface area contributed by atoms with Crippen LogP contribution >= 0.6 is 0 Å². The van der Waals surface area contributed by atoms with E-state index in [0.29, 0.717) is 19.4 Å². The highest BCUT2D eigenvalue weighted by Crippen LogP contribution is 2.55. The van der Waals surface area contributed by atoms with Crippen LogP contribution in [0.1, 0.15) is 57.6 Å².